The van der Waals surface area contributed by atoms with Gasteiger partial charge in [0, 0.05) is 18.6 Å². The van der Waals surface area contributed by atoms with Crippen molar-refractivity contribution in [3.05, 3.63) is 0 Å². The molecule has 0 aromatic rings. The summed E-state index contributed by atoms with van der Waals surface area (Å²) in [5.74, 6) is 0.755. The summed E-state index contributed by atoms with van der Waals surface area (Å²) in [5.41, 5.74) is 0.206. The Hall–Kier alpha value is -0.0800. The highest BCUT2D eigenvalue weighted by molar-refractivity contribution is 4.85. The van der Waals surface area contributed by atoms with Gasteiger partial charge in [-0.15, -0.1) is 0 Å². The van der Waals surface area contributed by atoms with Crippen LogP contribution in [0.4, 0.5) is 0 Å². The molecule has 1 aliphatic rings. The van der Waals surface area contributed by atoms with Gasteiger partial charge in [0.1, 0.15) is 0 Å². The van der Waals surface area contributed by atoms with Crippen LogP contribution in [0.2, 0.25) is 0 Å². The number of rotatable bonds is 4. The Labute approximate surface area is 88.3 Å². The molecule has 1 aliphatic heterocycles. The zero-order chi connectivity index (χ0) is 10.6. The van der Waals surface area contributed by atoms with E-state index in [4.69, 9.17) is 0 Å². The number of aliphatic hydroxyl groups excluding tert-OH is 1. The minimum atomic E-state index is 0.206. The smallest absolute Gasteiger partial charge is 0.0499 e. The van der Waals surface area contributed by atoms with E-state index >= 15 is 0 Å². The Kier molecular flexibility index (Phi) is 4.39. The molecule has 1 atom stereocenters. The molecule has 0 saturated carbocycles. The fraction of sp³-hybridized carbons (Fsp3) is 1.00. The number of nitrogens with zero attached hydrogens (tertiary/aromatic N) is 1. The Morgan fingerprint density at radius 1 is 1.43 bits per heavy atom. The second kappa shape index (κ2) is 5.13. The molecule has 1 N–H and O–H groups in total. The Balaban J connectivity index is 2.47. The molecular formula is C12H25NO. The molecule has 2 nitrogen and oxygen atoms in total. The van der Waals surface area contributed by atoms with Crippen molar-refractivity contribution in [2.45, 2.75) is 39.5 Å². The lowest BCUT2D eigenvalue weighted by molar-refractivity contribution is 0.0323. The van der Waals surface area contributed by atoms with E-state index in [0.717, 1.165) is 12.5 Å². The van der Waals surface area contributed by atoms with E-state index in [1.807, 2.05) is 0 Å². The SMILES string of the molecule is CC(C)CCC1(CO)CCCN(C)C1. The first kappa shape index (κ1) is 12.0. The normalized spacial score (nSPS) is 29.8. The van der Waals surface area contributed by atoms with Gasteiger partial charge < -0.3 is 10.0 Å². The second-order valence-electron chi connectivity index (χ2n) is 5.43. The summed E-state index contributed by atoms with van der Waals surface area (Å²) in [4.78, 5) is 2.36. The van der Waals surface area contributed by atoms with Crippen molar-refractivity contribution in [3.8, 4) is 0 Å². The lowest BCUT2D eigenvalue weighted by Crippen LogP contribution is -2.43. The molecule has 0 aromatic heterocycles. The third-order valence-electron chi connectivity index (χ3n) is 3.44. The maximum absolute atomic E-state index is 9.55. The molecular weight excluding hydrogens is 174 g/mol. The minimum absolute atomic E-state index is 0.206. The summed E-state index contributed by atoms with van der Waals surface area (Å²) in [6, 6.07) is 0. The van der Waals surface area contributed by atoms with Gasteiger partial charge in [-0.2, -0.15) is 0 Å². The van der Waals surface area contributed by atoms with Gasteiger partial charge in [-0.1, -0.05) is 20.3 Å². The van der Waals surface area contributed by atoms with E-state index in [2.05, 4.69) is 25.8 Å². The molecule has 1 unspecified atom stereocenters. The number of aliphatic hydroxyl groups is 1. The molecule has 0 radical (unpaired) electrons. The molecule has 1 fully saturated rings. The standard InChI is InChI=1S/C12H25NO/c1-11(2)5-7-12(10-14)6-4-8-13(3)9-12/h11,14H,4-10H2,1-3H3. The zero-order valence-electron chi connectivity index (χ0n) is 9.92. The number of likely N-dealkylation sites (tertiary alicyclic amines) is 1. The molecule has 2 heteroatoms. The molecule has 0 amide bonds. The highest BCUT2D eigenvalue weighted by atomic mass is 16.3. The molecule has 1 rings (SSSR count). The van der Waals surface area contributed by atoms with Gasteiger partial charge in [0.15, 0.2) is 0 Å². The molecule has 14 heavy (non-hydrogen) atoms. The lowest BCUT2D eigenvalue weighted by atomic mass is 9.76. The summed E-state index contributed by atoms with van der Waals surface area (Å²) < 4.78 is 0. The van der Waals surface area contributed by atoms with E-state index in [1.54, 1.807) is 0 Å². The van der Waals surface area contributed by atoms with E-state index in [-0.39, 0.29) is 5.41 Å². The van der Waals surface area contributed by atoms with Crippen molar-refractivity contribution in [3.63, 3.8) is 0 Å². The van der Waals surface area contributed by atoms with Gasteiger partial charge in [0.05, 0.1) is 0 Å². The zero-order valence-corrected chi connectivity index (χ0v) is 9.92. The Morgan fingerprint density at radius 2 is 2.14 bits per heavy atom. The van der Waals surface area contributed by atoms with Crippen molar-refractivity contribution in [2.75, 3.05) is 26.7 Å². The summed E-state index contributed by atoms with van der Waals surface area (Å²) >= 11 is 0. The first-order chi connectivity index (χ1) is 6.58. The largest absolute Gasteiger partial charge is 0.396 e. The highest BCUT2D eigenvalue weighted by Gasteiger charge is 2.33. The molecule has 1 saturated heterocycles. The van der Waals surface area contributed by atoms with Crippen LogP contribution in [0.15, 0.2) is 0 Å². The summed E-state index contributed by atoms with van der Waals surface area (Å²) in [5, 5.41) is 9.55. The Morgan fingerprint density at radius 3 is 2.64 bits per heavy atom. The third kappa shape index (κ3) is 3.25. The Bertz CT molecular complexity index is 170. The molecule has 0 aliphatic carbocycles. The minimum Gasteiger partial charge on any atom is -0.396 e. The number of hydrogen-bond donors (Lipinski definition) is 1. The van der Waals surface area contributed by atoms with Gasteiger partial charge in [0.25, 0.3) is 0 Å². The van der Waals surface area contributed by atoms with Crippen LogP contribution < -0.4 is 0 Å². The maximum Gasteiger partial charge on any atom is 0.0499 e. The fourth-order valence-corrected chi connectivity index (χ4v) is 2.46. The summed E-state index contributed by atoms with van der Waals surface area (Å²) in [7, 11) is 2.17. The van der Waals surface area contributed by atoms with Crippen LogP contribution in [0.5, 0.6) is 0 Å². The van der Waals surface area contributed by atoms with Crippen LogP contribution in [-0.4, -0.2) is 36.8 Å². The van der Waals surface area contributed by atoms with Crippen LogP contribution >= 0.6 is 0 Å². The van der Waals surface area contributed by atoms with Gasteiger partial charge in [-0.3, -0.25) is 0 Å². The molecule has 0 bridgehead atoms. The fourth-order valence-electron chi connectivity index (χ4n) is 2.46. The monoisotopic (exact) mass is 199 g/mol. The number of hydrogen-bond acceptors (Lipinski definition) is 2. The predicted octanol–water partition coefficient (Wildman–Crippen LogP) is 2.13. The van der Waals surface area contributed by atoms with Crippen LogP contribution in [0.25, 0.3) is 0 Å². The summed E-state index contributed by atoms with van der Waals surface area (Å²) in [6.07, 6.45) is 4.88. The van der Waals surface area contributed by atoms with Crippen LogP contribution in [0.3, 0.4) is 0 Å². The first-order valence-electron chi connectivity index (χ1n) is 5.87. The van der Waals surface area contributed by atoms with Crippen molar-refractivity contribution in [1.82, 2.24) is 4.90 Å². The van der Waals surface area contributed by atoms with Gasteiger partial charge in [-0.05, 0) is 38.8 Å². The lowest BCUT2D eigenvalue weighted by Gasteiger charge is -2.40. The first-order valence-corrected chi connectivity index (χ1v) is 5.87. The van der Waals surface area contributed by atoms with Crippen LogP contribution in [-0.2, 0) is 0 Å². The van der Waals surface area contributed by atoms with Crippen molar-refractivity contribution < 1.29 is 5.11 Å². The quantitative estimate of drug-likeness (QED) is 0.749. The topological polar surface area (TPSA) is 23.5 Å². The van der Waals surface area contributed by atoms with Gasteiger partial charge in [0.2, 0.25) is 0 Å². The molecule has 84 valence electrons. The van der Waals surface area contributed by atoms with Crippen LogP contribution in [0, 0.1) is 11.3 Å². The van der Waals surface area contributed by atoms with Gasteiger partial charge >= 0.3 is 0 Å². The van der Waals surface area contributed by atoms with E-state index in [1.165, 1.54) is 32.2 Å². The molecule has 0 aromatic carbocycles. The van der Waals surface area contributed by atoms with E-state index in [9.17, 15) is 5.11 Å². The predicted molar refractivity (Wildman–Crippen MR) is 60.3 cm³/mol. The molecule has 0 spiro atoms. The number of piperidine rings is 1. The summed E-state index contributed by atoms with van der Waals surface area (Å²) in [6.45, 7) is 7.17. The third-order valence-corrected chi connectivity index (χ3v) is 3.44. The van der Waals surface area contributed by atoms with Crippen LogP contribution in [0.1, 0.15) is 39.5 Å². The average molecular weight is 199 g/mol. The van der Waals surface area contributed by atoms with E-state index < -0.39 is 0 Å². The molecule has 1 heterocycles. The van der Waals surface area contributed by atoms with Gasteiger partial charge in [-0.25, -0.2) is 0 Å². The van der Waals surface area contributed by atoms with E-state index in [0.29, 0.717) is 6.61 Å². The van der Waals surface area contributed by atoms with Crippen molar-refractivity contribution in [1.29, 1.82) is 0 Å². The van der Waals surface area contributed by atoms with Crippen molar-refractivity contribution >= 4 is 0 Å². The van der Waals surface area contributed by atoms with Crippen molar-refractivity contribution in [2.24, 2.45) is 11.3 Å². The average Bonchev–Trinajstić information content (AvgIpc) is 2.15. The maximum atomic E-state index is 9.55. The highest BCUT2D eigenvalue weighted by Crippen LogP contribution is 2.34. The second-order valence-corrected chi connectivity index (χ2v) is 5.43.